The average Bonchev–Trinajstić information content (AvgIpc) is 3.11. The minimum atomic E-state index is -1.32. The maximum absolute atomic E-state index is 13.0. The lowest BCUT2D eigenvalue weighted by Crippen LogP contribution is -2.18. The molecule has 11 heteroatoms. The van der Waals surface area contributed by atoms with E-state index in [1.807, 2.05) is 0 Å². The van der Waals surface area contributed by atoms with Gasteiger partial charge in [0.25, 0.3) is 5.91 Å². The molecule has 2 heterocycles. The number of benzene rings is 2. The van der Waals surface area contributed by atoms with E-state index >= 15 is 0 Å². The Labute approximate surface area is 225 Å². The van der Waals surface area contributed by atoms with Gasteiger partial charge in [0.1, 0.15) is 9.98 Å². The Morgan fingerprint density at radius 3 is 2.37 bits per heavy atom. The molecule has 1 aliphatic rings. The van der Waals surface area contributed by atoms with Crippen molar-refractivity contribution in [2.24, 2.45) is 5.92 Å². The molecule has 4 aromatic rings. The SMILES string of the molecule is O=C(Nc1ccc2nccn2c1)c1cc(NC(=O)C2C(c3cc(Cl)cc(Cl)c3)C2(Cl)Cl)ccc1Cl. The highest BCUT2D eigenvalue weighted by molar-refractivity contribution is 6.53. The molecule has 1 saturated carbocycles. The molecule has 0 bridgehead atoms. The Hall–Kier alpha value is -2.48. The van der Waals surface area contributed by atoms with Gasteiger partial charge in [0.2, 0.25) is 5.91 Å². The summed E-state index contributed by atoms with van der Waals surface area (Å²) in [5.41, 5.74) is 2.53. The van der Waals surface area contributed by atoms with Crippen molar-refractivity contribution in [2.45, 2.75) is 10.3 Å². The minimum absolute atomic E-state index is 0.187. The summed E-state index contributed by atoms with van der Waals surface area (Å²) in [6.45, 7) is 0. The zero-order valence-electron chi connectivity index (χ0n) is 17.6. The van der Waals surface area contributed by atoms with Crippen LogP contribution in [-0.2, 0) is 4.79 Å². The Morgan fingerprint density at radius 1 is 0.914 bits per heavy atom. The van der Waals surface area contributed by atoms with Crippen LogP contribution in [0.15, 0.2) is 67.1 Å². The zero-order valence-corrected chi connectivity index (χ0v) is 21.4. The van der Waals surface area contributed by atoms with Gasteiger partial charge in [-0.2, -0.15) is 0 Å². The largest absolute Gasteiger partial charge is 0.326 e. The number of rotatable bonds is 5. The van der Waals surface area contributed by atoms with Gasteiger partial charge in [0.05, 0.1) is 22.2 Å². The third kappa shape index (κ3) is 4.82. The number of nitrogens with one attached hydrogen (secondary N) is 2. The highest BCUT2D eigenvalue weighted by Crippen LogP contribution is 2.65. The van der Waals surface area contributed by atoms with Crippen LogP contribution in [0.4, 0.5) is 11.4 Å². The van der Waals surface area contributed by atoms with E-state index in [0.717, 1.165) is 5.65 Å². The summed E-state index contributed by atoms with van der Waals surface area (Å²) in [6, 6.07) is 13.1. The number of imidazole rings is 1. The molecule has 2 aromatic carbocycles. The fraction of sp³-hybridized carbons (Fsp3) is 0.125. The third-order valence-corrected chi connectivity index (χ3v) is 7.41. The number of carbonyl (C=O) groups is 2. The van der Waals surface area contributed by atoms with Gasteiger partial charge in [0, 0.05) is 40.2 Å². The van der Waals surface area contributed by atoms with Gasteiger partial charge < -0.3 is 15.0 Å². The molecule has 1 aliphatic carbocycles. The molecule has 0 radical (unpaired) electrons. The number of carbonyl (C=O) groups excluding carboxylic acids is 2. The fourth-order valence-electron chi connectivity index (χ4n) is 4.01. The fourth-order valence-corrected chi connectivity index (χ4v) is 5.59. The van der Waals surface area contributed by atoms with Crippen molar-refractivity contribution in [3.05, 3.63) is 93.3 Å². The molecule has 2 amide bonds. The van der Waals surface area contributed by atoms with E-state index in [1.165, 1.54) is 12.1 Å². The molecule has 5 rings (SSSR count). The lowest BCUT2D eigenvalue weighted by atomic mass is 10.1. The van der Waals surface area contributed by atoms with Crippen molar-refractivity contribution in [3.8, 4) is 0 Å². The molecule has 178 valence electrons. The standard InChI is InChI=1S/C24H15Cl5N4O2/c25-13-7-12(8-14(26)9-13)20-21(24(20,28)29)23(35)31-15-1-3-18(27)17(10-15)22(34)32-16-2-4-19-30-5-6-33(19)11-16/h1-11,20-21H,(H,31,35)(H,32,34). The van der Waals surface area contributed by atoms with Crippen molar-refractivity contribution in [1.82, 2.24) is 9.38 Å². The van der Waals surface area contributed by atoms with Crippen molar-refractivity contribution >= 4 is 86.8 Å². The second-order valence-corrected chi connectivity index (χ2v) is 10.8. The summed E-state index contributed by atoms with van der Waals surface area (Å²) in [7, 11) is 0. The highest BCUT2D eigenvalue weighted by Gasteiger charge is 2.67. The van der Waals surface area contributed by atoms with E-state index in [1.54, 1.807) is 59.4 Å². The minimum Gasteiger partial charge on any atom is -0.326 e. The summed E-state index contributed by atoms with van der Waals surface area (Å²) < 4.78 is 0.453. The van der Waals surface area contributed by atoms with Crippen LogP contribution in [0, 0.1) is 5.92 Å². The van der Waals surface area contributed by atoms with Crippen molar-refractivity contribution in [2.75, 3.05) is 10.6 Å². The van der Waals surface area contributed by atoms with Crippen LogP contribution in [0.2, 0.25) is 15.1 Å². The molecular weight excluding hydrogens is 554 g/mol. The lowest BCUT2D eigenvalue weighted by Gasteiger charge is -2.11. The van der Waals surface area contributed by atoms with E-state index in [-0.39, 0.29) is 10.6 Å². The first-order valence-electron chi connectivity index (χ1n) is 10.3. The Kier molecular flexibility index (Phi) is 6.36. The quantitative estimate of drug-likeness (QED) is 0.253. The summed E-state index contributed by atoms with van der Waals surface area (Å²) in [5.74, 6) is -2.08. The van der Waals surface area contributed by atoms with E-state index < -0.39 is 28.0 Å². The molecule has 0 saturated heterocycles. The van der Waals surface area contributed by atoms with Gasteiger partial charge in [-0.15, -0.1) is 23.2 Å². The number of aromatic nitrogens is 2. The summed E-state index contributed by atoms with van der Waals surface area (Å²) in [5, 5.41) is 6.63. The van der Waals surface area contributed by atoms with Crippen LogP contribution in [0.3, 0.4) is 0 Å². The highest BCUT2D eigenvalue weighted by atomic mass is 35.5. The Balaban J connectivity index is 1.33. The number of anilines is 2. The number of fused-ring (bicyclic) bond motifs is 1. The van der Waals surface area contributed by atoms with Crippen LogP contribution in [0.25, 0.3) is 5.65 Å². The number of amides is 2. The third-order valence-electron chi connectivity index (χ3n) is 5.71. The number of pyridine rings is 1. The summed E-state index contributed by atoms with van der Waals surface area (Å²) >= 11 is 31.3. The molecular formula is C24H15Cl5N4O2. The van der Waals surface area contributed by atoms with Crippen LogP contribution in [-0.4, -0.2) is 25.5 Å². The van der Waals surface area contributed by atoms with Gasteiger partial charge in [0.15, 0.2) is 0 Å². The topological polar surface area (TPSA) is 75.5 Å². The maximum Gasteiger partial charge on any atom is 0.257 e. The van der Waals surface area contributed by atoms with Gasteiger partial charge >= 0.3 is 0 Å². The number of halogens is 5. The van der Waals surface area contributed by atoms with Gasteiger partial charge in [-0.1, -0.05) is 34.8 Å². The van der Waals surface area contributed by atoms with Gasteiger partial charge in [-0.25, -0.2) is 4.98 Å². The molecule has 6 nitrogen and oxygen atoms in total. The number of hydrogen-bond acceptors (Lipinski definition) is 3. The predicted octanol–water partition coefficient (Wildman–Crippen LogP) is 7.07. The molecule has 2 aromatic heterocycles. The van der Waals surface area contributed by atoms with Crippen molar-refractivity contribution in [3.63, 3.8) is 0 Å². The second kappa shape index (κ2) is 9.19. The Morgan fingerprint density at radius 2 is 1.63 bits per heavy atom. The second-order valence-electron chi connectivity index (χ2n) is 8.08. The number of hydrogen-bond donors (Lipinski definition) is 2. The van der Waals surface area contributed by atoms with E-state index in [2.05, 4.69) is 15.6 Å². The van der Waals surface area contributed by atoms with Crippen LogP contribution < -0.4 is 10.6 Å². The van der Waals surface area contributed by atoms with E-state index in [0.29, 0.717) is 27.0 Å². The number of nitrogens with zero attached hydrogens (tertiary/aromatic N) is 2. The van der Waals surface area contributed by atoms with Crippen molar-refractivity contribution in [1.29, 1.82) is 0 Å². The smallest absolute Gasteiger partial charge is 0.257 e. The van der Waals surface area contributed by atoms with Crippen LogP contribution >= 0.6 is 58.0 Å². The van der Waals surface area contributed by atoms with Crippen LogP contribution in [0.1, 0.15) is 21.8 Å². The summed E-state index contributed by atoms with van der Waals surface area (Å²) in [4.78, 5) is 30.1. The molecule has 2 atom stereocenters. The van der Waals surface area contributed by atoms with Gasteiger partial charge in [-0.05, 0) is 54.1 Å². The molecule has 35 heavy (non-hydrogen) atoms. The lowest BCUT2D eigenvalue weighted by molar-refractivity contribution is -0.117. The van der Waals surface area contributed by atoms with Crippen molar-refractivity contribution < 1.29 is 9.59 Å². The monoisotopic (exact) mass is 566 g/mol. The first kappa shape index (κ1) is 24.2. The first-order chi connectivity index (χ1) is 16.6. The molecule has 1 fully saturated rings. The molecule has 0 spiro atoms. The Bertz CT molecular complexity index is 1470. The van der Waals surface area contributed by atoms with Gasteiger partial charge in [-0.3, -0.25) is 9.59 Å². The predicted molar refractivity (Wildman–Crippen MR) is 140 cm³/mol. The average molecular weight is 569 g/mol. The maximum atomic E-state index is 13.0. The zero-order chi connectivity index (χ0) is 24.9. The molecule has 0 aliphatic heterocycles. The first-order valence-corrected chi connectivity index (χ1v) is 12.2. The molecule has 2 N–H and O–H groups in total. The molecule has 2 unspecified atom stereocenters. The number of alkyl halides is 2. The normalized spacial score (nSPS) is 18.3. The summed E-state index contributed by atoms with van der Waals surface area (Å²) in [6.07, 6.45) is 5.16. The van der Waals surface area contributed by atoms with E-state index in [4.69, 9.17) is 58.0 Å². The van der Waals surface area contributed by atoms with E-state index in [9.17, 15) is 9.59 Å². The van der Waals surface area contributed by atoms with Crippen LogP contribution in [0.5, 0.6) is 0 Å².